The number of methoxy groups -OCH3 is 2. The first kappa shape index (κ1) is 52.0. The van der Waals surface area contributed by atoms with Crippen LogP contribution in [-0.4, -0.2) is 146 Å². The minimum atomic E-state index is -4.62. The summed E-state index contributed by atoms with van der Waals surface area (Å²) >= 11 is 0. The second kappa shape index (κ2) is 23.0. The number of hydrogen-bond donors (Lipinski definition) is 4. The van der Waals surface area contributed by atoms with Crippen molar-refractivity contribution in [3.05, 3.63) is 71.5 Å². The third-order valence-electron chi connectivity index (χ3n) is 11.3. The van der Waals surface area contributed by atoms with Crippen molar-refractivity contribution in [3.63, 3.8) is 0 Å². The van der Waals surface area contributed by atoms with Crippen molar-refractivity contribution in [1.82, 2.24) is 0 Å². The van der Waals surface area contributed by atoms with Gasteiger partial charge >= 0.3 is 5.97 Å². The minimum Gasteiger partial charge on any atom is -0.481 e. The summed E-state index contributed by atoms with van der Waals surface area (Å²) in [5.41, 5.74) is 1.88. The maximum atomic E-state index is 12.5. The van der Waals surface area contributed by atoms with Gasteiger partial charge in [-0.15, -0.1) is 0 Å². The Kier molecular flexibility index (Phi) is 19.0. The van der Waals surface area contributed by atoms with Gasteiger partial charge in [0.25, 0.3) is 30.4 Å². The van der Waals surface area contributed by atoms with Gasteiger partial charge in [-0.3, -0.25) is 18.5 Å². The molecule has 0 saturated heterocycles. The van der Waals surface area contributed by atoms with Crippen LogP contribution in [0.4, 0.5) is 11.4 Å². The van der Waals surface area contributed by atoms with Crippen LogP contribution in [0.3, 0.4) is 0 Å². The third-order valence-corrected chi connectivity index (χ3v) is 13.8. The molecule has 2 atom stereocenters. The lowest BCUT2D eigenvalue weighted by atomic mass is 9.75. The van der Waals surface area contributed by atoms with Gasteiger partial charge in [0.2, 0.25) is 5.69 Å². The van der Waals surface area contributed by atoms with Crippen LogP contribution in [-0.2, 0) is 69.7 Å². The van der Waals surface area contributed by atoms with Gasteiger partial charge in [0.15, 0.2) is 12.3 Å². The molecule has 2 aliphatic rings. The van der Waals surface area contributed by atoms with Crippen LogP contribution in [0.1, 0.15) is 69.9 Å². The number of carboxylic acid groups (broad SMARTS) is 1. The zero-order chi connectivity index (χ0) is 46.5. The number of unbranched alkanes of at least 4 members (excludes halogenated alkanes) is 2. The normalized spacial score (nSPS) is 19.7. The lowest BCUT2D eigenvalue weighted by molar-refractivity contribution is -0.441. The lowest BCUT2D eigenvalue weighted by Crippen LogP contribution is -2.33. The van der Waals surface area contributed by atoms with Crippen molar-refractivity contribution < 1.29 is 77.1 Å². The Balaban J connectivity index is 1.79. The van der Waals surface area contributed by atoms with Crippen LogP contribution in [0, 0.1) is 0 Å². The lowest BCUT2D eigenvalue weighted by Gasteiger charge is -2.30. The van der Waals surface area contributed by atoms with Crippen molar-refractivity contribution in [2.24, 2.45) is 0 Å². The largest absolute Gasteiger partial charge is 0.481 e. The summed E-state index contributed by atoms with van der Waals surface area (Å²) in [7, 11) is -10.4. The van der Waals surface area contributed by atoms with E-state index in [0.717, 1.165) is 5.70 Å². The maximum absolute atomic E-state index is 12.5. The van der Waals surface area contributed by atoms with Crippen molar-refractivity contribution >= 4 is 53.4 Å². The van der Waals surface area contributed by atoms with Gasteiger partial charge in [-0.1, -0.05) is 12.5 Å². The zero-order valence-corrected chi connectivity index (χ0v) is 38.7. The molecule has 0 spiro atoms. The van der Waals surface area contributed by atoms with Crippen LogP contribution in [0.15, 0.2) is 70.1 Å². The first-order valence-electron chi connectivity index (χ1n) is 20.6. The van der Waals surface area contributed by atoms with Crippen molar-refractivity contribution in [2.45, 2.75) is 79.4 Å². The van der Waals surface area contributed by atoms with Crippen LogP contribution < -0.4 is 4.90 Å². The fourth-order valence-corrected chi connectivity index (χ4v) is 9.62. The van der Waals surface area contributed by atoms with Crippen LogP contribution in [0.25, 0.3) is 0 Å². The minimum absolute atomic E-state index is 0.00770. The number of allylic oxidation sites excluding steroid dienone is 4. The summed E-state index contributed by atoms with van der Waals surface area (Å²) in [5.74, 6) is -1.44. The van der Waals surface area contributed by atoms with Crippen molar-refractivity contribution in [1.29, 1.82) is 0 Å². The molecule has 2 aromatic rings. The second-order valence-corrected chi connectivity index (χ2v) is 20.2. The number of anilines is 1. The van der Waals surface area contributed by atoms with Gasteiger partial charge in [-0.05, 0) is 87.9 Å². The van der Waals surface area contributed by atoms with Gasteiger partial charge in [-0.25, -0.2) is 0 Å². The van der Waals surface area contributed by atoms with E-state index >= 15 is 0 Å². The molecule has 21 heteroatoms. The molecule has 4 rings (SSSR count). The summed E-state index contributed by atoms with van der Waals surface area (Å²) in [6, 6.07) is 8.63. The Bertz CT molecular complexity index is 2330. The first-order valence-corrected chi connectivity index (χ1v) is 25.1. The van der Waals surface area contributed by atoms with E-state index in [-0.39, 0.29) is 48.9 Å². The highest BCUT2D eigenvalue weighted by Crippen LogP contribution is 2.51. The molecule has 4 N–H and O–H groups in total. The molecule has 63 heavy (non-hydrogen) atoms. The first-order chi connectivity index (χ1) is 29.7. The predicted molar refractivity (Wildman–Crippen MR) is 234 cm³/mol. The third kappa shape index (κ3) is 14.2. The molecule has 18 nitrogen and oxygen atoms in total. The summed E-state index contributed by atoms with van der Waals surface area (Å²) < 4.78 is 132. The van der Waals surface area contributed by atoms with E-state index in [2.05, 4.69) is 0 Å². The molecule has 0 radical (unpaired) electrons. The van der Waals surface area contributed by atoms with Crippen LogP contribution >= 0.6 is 0 Å². The molecule has 2 aliphatic heterocycles. The molecule has 352 valence electrons. The monoisotopic (exact) mass is 945 g/mol. The fourth-order valence-electron chi connectivity index (χ4n) is 8.10. The molecule has 2 unspecified atom stereocenters. The summed E-state index contributed by atoms with van der Waals surface area (Å²) in [6.07, 6.45) is 7.68. The van der Waals surface area contributed by atoms with Crippen LogP contribution in [0.2, 0.25) is 0 Å². The van der Waals surface area contributed by atoms with Gasteiger partial charge in [0.1, 0.15) is 6.61 Å². The zero-order valence-electron chi connectivity index (χ0n) is 36.2. The SMILES string of the molecule is COCCOCCOCCOCCC1(C)/C(=C\C=C\C2=[N+](CCOC)c3ccc(S(=O)(=O)O)cc3C2(C)CCCS(=O)(=O)O)N(CCCCCC(=O)O)c2ccc(S(=O)(=O)O)cc21. The van der Waals surface area contributed by atoms with E-state index in [1.54, 1.807) is 25.3 Å². The van der Waals surface area contributed by atoms with E-state index in [1.807, 2.05) is 35.5 Å². The summed E-state index contributed by atoms with van der Waals surface area (Å²) in [4.78, 5) is 12.7. The number of hydrogen-bond acceptors (Lipinski definition) is 13. The number of carbonyl (C=O) groups is 1. The predicted octanol–water partition coefficient (Wildman–Crippen LogP) is 4.80. The summed E-state index contributed by atoms with van der Waals surface area (Å²) in [5, 5.41) is 9.23. The van der Waals surface area contributed by atoms with E-state index in [1.165, 1.54) is 31.4 Å². The number of ether oxygens (including phenoxy) is 5. The van der Waals surface area contributed by atoms with E-state index in [9.17, 15) is 48.8 Å². The fraction of sp³-hybridized carbons (Fsp3) is 0.571. The van der Waals surface area contributed by atoms with Gasteiger partial charge in [-0.2, -0.15) is 29.8 Å². The molecular formula is C42H61N2O16S3+. The molecule has 0 aromatic heterocycles. The highest BCUT2D eigenvalue weighted by Gasteiger charge is 2.48. The topological polar surface area (TPSA) is 253 Å². The smallest absolute Gasteiger partial charge is 0.303 e. The summed E-state index contributed by atoms with van der Waals surface area (Å²) in [6.45, 7) is 7.26. The average molecular weight is 946 g/mol. The molecule has 0 bridgehead atoms. The molecule has 0 amide bonds. The number of aliphatic carboxylic acids is 1. The van der Waals surface area contributed by atoms with Crippen LogP contribution in [0.5, 0.6) is 0 Å². The number of fused-ring (bicyclic) bond motifs is 2. The molecule has 0 aliphatic carbocycles. The Labute approximate surface area is 370 Å². The standard InChI is InChI=1S/C42H60N2O16S3/c1-41(17-9-29-61(47,48)49)34-30-32(62(50,51)52)14-16-37(34)44(20-22-56-3)38(41)10-8-11-39-42(2,18-21-58-25-26-60-28-27-59-24-23-57-4)35-31-33(63(53,54)55)13-15-36(35)43(39)19-7-5-6-12-40(45)46/h8,10-11,13-16,30-31H,5-7,9,12,17-29H2,1-4H3,(H3-,45,46,47,48,49,50,51,52,53,54,55)/p+1. The Morgan fingerprint density at radius 1 is 0.714 bits per heavy atom. The Morgan fingerprint density at radius 3 is 1.89 bits per heavy atom. The van der Waals surface area contributed by atoms with E-state index < -0.39 is 52.9 Å². The van der Waals surface area contributed by atoms with E-state index in [0.29, 0.717) is 100 Å². The number of carboxylic acids is 1. The molecular weight excluding hydrogens is 885 g/mol. The molecule has 0 fully saturated rings. The highest BCUT2D eigenvalue weighted by atomic mass is 32.2. The average Bonchev–Trinajstić information content (AvgIpc) is 3.57. The van der Waals surface area contributed by atoms with E-state index in [4.69, 9.17) is 23.7 Å². The molecule has 2 heterocycles. The Morgan fingerprint density at radius 2 is 1.30 bits per heavy atom. The number of benzene rings is 2. The van der Waals surface area contributed by atoms with Gasteiger partial charge in [0.05, 0.1) is 60.6 Å². The number of rotatable bonds is 29. The Hall–Kier alpha value is -3.61. The van der Waals surface area contributed by atoms with Gasteiger partial charge in [0, 0.05) is 68.3 Å². The quantitative estimate of drug-likeness (QED) is 0.0485. The van der Waals surface area contributed by atoms with Gasteiger partial charge < -0.3 is 33.7 Å². The second-order valence-electron chi connectivity index (χ2n) is 15.7. The molecule has 0 saturated carbocycles. The molecule has 2 aromatic carbocycles. The van der Waals surface area contributed by atoms with Crippen molar-refractivity contribution in [3.8, 4) is 0 Å². The number of nitrogens with zero attached hydrogens (tertiary/aromatic N) is 2. The highest BCUT2D eigenvalue weighted by molar-refractivity contribution is 7.86. The van der Waals surface area contributed by atoms with Crippen molar-refractivity contribution in [2.75, 3.05) is 90.8 Å². The maximum Gasteiger partial charge on any atom is 0.303 e.